The number of ether oxygens (including phenoxy) is 1. The van der Waals surface area contributed by atoms with Gasteiger partial charge in [0.05, 0.1) is 17.2 Å². The molecule has 0 atom stereocenters. The van der Waals surface area contributed by atoms with Crippen molar-refractivity contribution in [1.29, 1.82) is 0 Å². The van der Waals surface area contributed by atoms with Crippen molar-refractivity contribution in [3.05, 3.63) is 27.7 Å². The second kappa shape index (κ2) is 7.10. The molecule has 1 rings (SSSR count). The minimum Gasteiger partial charge on any atom is -0.494 e. The Morgan fingerprint density at radius 3 is 2.29 bits per heavy atom. The highest BCUT2D eigenvalue weighted by Gasteiger charge is 2.08. The van der Waals surface area contributed by atoms with Crippen LogP contribution in [0.25, 0.3) is 0 Å². The van der Waals surface area contributed by atoms with Gasteiger partial charge in [0, 0.05) is 6.54 Å². The molecule has 0 amide bonds. The van der Waals surface area contributed by atoms with Crippen molar-refractivity contribution in [3.8, 4) is 5.75 Å². The highest BCUT2D eigenvalue weighted by Crippen LogP contribution is 2.33. The third-order valence-corrected chi connectivity index (χ3v) is 3.05. The number of hydrogen-bond donors (Lipinski definition) is 1. The van der Waals surface area contributed by atoms with Crippen LogP contribution in [0.4, 0.5) is 0 Å². The van der Waals surface area contributed by atoms with Crippen molar-refractivity contribution < 1.29 is 4.74 Å². The molecule has 0 saturated carbocycles. The van der Waals surface area contributed by atoms with E-state index in [1.807, 2.05) is 12.1 Å². The Hall–Kier alpha value is -0.440. The first-order chi connectivity index (χ1) is 8.04. The highest BCUT2D eigenvalue weighted by atomic mass is 35.5. The summed E-state index contributed by atoms with van der Waals surface area (Å²) < 4.78 is 5.10. The SMILES string of the molecule is COc1c(Cl)cc(CNCCC(C)C)cc1Cl. The van der Waals surface area contributed by atoms with Gasteiger partial charge in [0.1, 0.15) is 0 Å². The van der Waals surface area contributed by atoms with E-state index < -0.39 is 0 Å². The molecule has 96 valence electrons. The normalized spacial score (nSPS) is 10.9. The van der Waals surface area contributed by atoms with E-state index in [0.717, 1.165) is 25.1 Å². The van der Waals surface area contributed by atoms with Gasteiger partial charge in [-0.15, -0.1) is 0 Å². The Morgan fingerprint density at radius 2 is 1.82 bits per heavy atom. The van der Waals surface area contributed by atoms with E-state index in [-0.39, 0.29) is 0 Å². The van der Waals surface area contributed by atoms with Gasteiger partial charge >= 0.3 is 0 Å². The molecule has 0 fully saturated rings. The molecule has 0 spiro atoms. The fourth-order valence-corrected chi connectivity index (χ4v) is 2.22. The molecular weight excluding hydrogens is 257 g/mol. The van der Waals surface area contributed by atoms with Crippen molar-refractivity contribution in [2.75, 3.05) is 13.7 Å². The topological polar surface area (TPSA) is 21.3 Å². The summed E-state index contributed by atoms with van der Waals surface area (Å²) >= 11 is 12.1. The second-order valence-electron chi connectivity index (χ2n) is 4.45. The molecule has 0 aliphatic heterocycles. The monoisotopic (exact) mass is 275 g/mol. The van der Waals surface area contributed by atoms with E-state index in [0.29, 0.717) is 21.7 Å². The van der Waals surface area contributed by atoms with Crippen molar-refractivity contribution in [2.24, 2.45) is 5.92 Å². The molecule has 1 aromatic rings. The Labute approximate surface area is 113 Å². The number of rotatable bonds is 6. The summed E-state index contributed by atoms with van der Waals surface area (Å²) in [5.41, 5.74) is 1.07. The van der Waals surface area contributed by atoms with Crippen LogP contribution in [0.1, 0.15) is 25.8 Å². The predicted molar refractivity (Wildman–Crippen MR) is 74.2 cm³/mol. The molecule has 0 heterocycles. The first-order valence-corrected chi connectivity index (χ1v) is 6.52. The van der Waals surface area contributed by atoms with Crippen LogP contribution >= 0.6 is 23.2 Å². The largest absolute Gasteiger partial charge is 0.494 e. The summed E-state index contributed by atoms with van der Waals surface area (Å²) in [6, 6.07) is 3.77. The van der Waals surface area contributed by atoms with Crippen LogP contribution in [-0.4, -0.2) is 13.7 Å². The zero-order chi connectivity index (χ0) is 12.8. The van der Waals surface area contributed by atoms with E-state index >= 15 is 0 Å². The molecular formula is C13H19Cl2NO. The van der Waals surface area contributed by atoms with E-state index in [4.69, 9.17) is 27.9 Å². The lowest BCUT2D eigenvalue weighted by atomic mass is 10.1. The van der Waals surface area contributed by atoms with Crippen LogP contribution in [0.2, 0.25) is 10.0 Å². The number of halogens is 2. The number of nitrogens with one attached hydrogen (secondary N) is 1. The molecule has 17 heavy (non-hydrogen) atoms. The molecule has 4 heteroatoms. The van der Waals surface area contributed by atoms with Gasteiger partial charge < -0.3 is 10.1 Å². The highest BCUT2D eigenvalue weighted by molar-refractivity contribution is 6.37. The summed E-state index contributed by atoms with van der Waals surface area (Å²) in [4.78, 5) is 0. The summed E-state index contributed by atoms with van der Waals surface area (Å²) in [7, 11) is 1.56. The second-order valence-corrected chi connectivity index (χ2v) is 5.27. The first kappa shape index (κ1) is 14.6. The van der Waals surface area contributed by atoms with Gasteiger partial charge in [0.15, 0.2) is 5.75 Å². The summed E-state index contributed by atoms with van der Waals surface area (Å²) in [5, 5.41) is 4.48. The minimum atomic E-state index is 0.541. The average Bonchev–Trinajstić information content (AvgIpc) is 2.24. The number of hydrogen-bond acceptors (Lipinski definition) is 2. The zero-order valence-electron chi connectivity index (χ0n) is 10.5. The molecule has 1 aromatic carbocycles. The molecule has 0 aliphatic carbocycles. The van der Waals surface area contributed by atoms with Crippen LogP contribution in [0, 0.1) is 5.92 Å². The van der Waals surface area contributed by atoms with Crippen LogP contribution in [0.5, 0.6) is 5.75 Å². The molecule has 0 aromatic heterocycles. The van der Waals surface area contributed by atoms with Crippen LogP contribution in [0.15, 0.2) is 12.1 Å². The average molecular weight is 276 g/mol. The smallest absolute Gasteiger partial charge is 0.156 e. The maximum atomic E-state index is 6.06. The maximum Gasteiger partial charge on any atom is 0.156 e. The predicted octanol–water partition coefficient (Wildman–Crippen LogP) is 4.14. The van der Waals surface area contributed by atoms with Crippen LogP contribution in [-0.2, 0) is 6.54 Å². The Bertz CT molecular complexity index is 343. The van der Waals surface area contributed by atoms with Gasteiger partial charge in [-0.05, 0) is 36.6 Å². The quantitative estimate of drug-likeness (QED) is 0.788. The molecule has 0 saturated heterocycles. The number of methoxy groups -OCH3 is 1. The van der Waals surface area contributed by atoms with E-state index in [1.165, 1.54) is 0 Å². The van der Waals surface area contributed by atoms with Gasteiger partial charge in [-0.2, -0.15) is 0 Å². The summed E-state index contributed by atoms with van der Waals surface area (Å²) in [6.07, 6.45) is 1.16. The van der Waals surface area contributed by atoms with Gasteiger partial charge in [0.25, 0.3) is 0 Å². The molecule has 0 bridgehead atoms. The molecule has 0 aliphatic rings. The Balaban J connectivity index is 2.55. The summed E-state index contributed by atoms with van der Waals surface area (Å²) in [5.74, 6) is 1.25. The molecule has 1 N–H and O–H groups in total. The van der Waals surface area contributed by atoms with Crippen molar-refractivity contribution in [3.63, 3.8) is 0 Å². The fraction of sp³-hybridized carbons (Fsp3) is 0.538. The zero-order valence-corrected chi connectivity index (χ0v) is 12.0. The van der Waals surface area contributed by atoms with Gasteiger partial charge in [-0.3, -0.25) is 0 Å². The lowest BCUT2D eigenvalue weighted by molar-refractivity contribution is 0.415. The first-order valence-electron chi connectivity index (χ1n) is 5.77. The number of benzene rings is 1. The Kier molecular flexibility index (Phi) is 6.10. The van der Waals surface area contributed by atoms with Gasteiger partial charge in [0.2, 0.25) is 0 Å². The van der Waals surface area contributed by atoms with Crippen molar-refractivity contribution in [1.82, 2.24) is 5.32 Å². The van der Waals surface area contributed by atoms with Crippen LogP contribution in [0.3, 0.4) is 0 Å². The van der Waals surface area contributed by atoms with Gasteiger partial charge in [-0.1, -0.05) is 37.0 Å². The third kappa shape index (κ3) is 4.74. The standard InChI is InChI=1S/C13H19Cl2NO/c1-9(2)4-5-16-8-10-6-11(14)13(17-3)12(15)7-10/h6-7,9,16H,4-5,8H2,1-3H3. The molecule has 2 nitrogen and oxygen atoms in total. The van der Waals surface area contributed by atoms with Crippen LogP contribution < -0.4 is 10.1 Å². The van der Waals surface area contributed by atoms with Crippen molar-refractivity contribution >= 4 is 23.2 Å². The van der Waals surface area contributed by atoms with E-state index in [1.54, 1.807) is 7.11 Å². The lowest BCUT2D eigenvalue weighted by Gasteiger charge is -2.10. The fourth-order valence-electron chi connectivity index (χ4n) is 1.53. The van der Waals surface area contributed by atoms with Gasteiger partial charge in [-0.25, -0.2) is 0 Å². The van der Waals surface area contributed by atoms with E-state index in [2.05, 4.69) is 19.2 Å². The van der Waals surface area contributed by atoms with Crippen molar-refractivity contribution in [2.45, 2.75) is 26.8 Å². The minimum absolute atomic E-state index is 0.541. The summed E-state index contributed by atoms with van der Waals surface area (Å²) in [6.45, 7) is 6.20. The molecule has 0 radical (unpaired) electrons. The molecule has 0 unspecified atom stereocenters. The maximum absolute atomic E-state index is 6.06. The van der Waals surface area contributed by atoms with E-state index in [9.17, 15) is 0 Å². The Morgan fingerprint density at radius 1 is 1.24 bits per heavy atom. The third-order valence-electron chi connectivity index (χ3n) is 2.49. The lowest BCUT2D eigenvalue weighted by Crippen LogP contribution is -2.16.